The van der Waals surface area contributed by atoms with Crippen LogP contribution in [0.1, 0.15) is 5.56 Å². The summed E-state index contributed by atoms with van der Waals surface area (Å²) in [6, 6.07) is 4.68. The van der Waals surface area contributed by atoms with Gasteiger partial charge in [-0.25, -0.2) is 0 Å². The maximum absolute atomic E-state index is 10.8. The maximum atomic E-state index is 10.8. The Morgan fingerprint density at radius 1 is 1.33 bits per heavy atom. The summed E-state index contributed by atoms with van der Waals surface area (Å²) in [4.78, 5) is 0. The van der Waals surface area contributed by atoms with Gasteiger partial charge in [-0.1, -0.05) is 6.07 Å². The lowest BCUT2D eigenvalue weighted by Gasteiger charge is -2.05. The Hall–Kier alpha value is -1.07. The molecule has 0 heterocycles. The van der Waals surface area contributed by atoms with E-state index < -0.39 is 10.8 Å². The van der Waals surface area contributed by atoms with Crippen LogP contribution < -0.4 is 5.32 Å². The fraction of sp³-hybridized carbons (Fsp3) is 0.400. The lowest BCUT2D eigenvalue weighted by Crippen LogP contribution is -2.19. The number of nitrogens with one attached hydrogen (secondary N) is 1. The molecular formula is C10H15NO3S. The van der Waals surface area contributed by atoms with E-state index in [0.717, 1.165) is 5.56 Å². The Morgan fingerprint density at radius 2 is 2.07 bits per heavy atom. The Balaban J connectivity index is 2.38. The summed E-state index contributed by atoms with van der Waals surface area (Å²) in [6.07, 6.45) is 1.66. The van der Waals surface area contributed by atoms with E-state index in [1.807, 2.05) is 0 Å². The zero-order valence-electron chi connectivity index (χ0n) is 8.56. The molecule has 15 heavy (non-hydrogen) atoms. The first kappa shape index (κ1) is 12.0. The molecule has 0 saturated heterocycles. The van der Waals surface area contributed by atoms with E-state index in [9.17, 15) is 9.32 Å². The van der Waals surface area contributed by atoms with Crippen LogP contribution in [0.3, 0.4) is 0 Å². The van der Waals surface area contributed by atoms with Crippen molar-refractivity contribution in [1.82, 2.24) is 5.32 Å². The minimum Gasteiger partial charge on any atom is -0.504 e. The number of phenols is 2. The second kappa shape index (κ2) is 5.72. The molecule has 0 aliphatic rings. The highest BCUT2D eigenvalue weighted by molar-refractivity contribution is 7.84. The van der Waals surface area contributed by atoms with Gasteiger partial charge in [-0.3, -0.25) is 4.21 Å². The molecular weight excluding hydrogens is 214 g/mol. The Morgan fingerprint density at radius 3 is 2.67 bits per heavy atom. The van der Waals surface area contributed by atoms with Gasteiger partial charge in [-0.15, -0.1) is 0 Å². The Kier molecular flexibility index (Phi) is 4.58. The van der Waals surface area contributed by atoms with Crippen LogP contribution in [0.25, 0.3) is 0 Å². The van der Waals surface area contributed by atoms with Gasteiger partial charge in [-0.2, -0.15) is 0 Å². The van der Waals surface area contributed by atoms with Gasteiger partial charge < -0.3 is 15.5 Å². The number of hydrogen-bond donors (Lipinski definition) is 3. The number of rotatable bonds is 5. The Bertz CT molecular complexity index is 355. The summed E-state index contributed by atoms with van der Waals surface area (Å²) in [5.41, 5.74) is 0.882. The summed E-state index contributed by atoms with van der Waals surface area (Å²) in [5, 5.41) is 21.4. The molecule has 1 rings (SSSR count). The van der Waals surface area contributed by atoms with Crippen LogP contribution in [0.4, 0.5) is 0 Å². The molecule has 1 aromatic rings. The van der Waals surface area contributed by atoms with Gasteiger partial charge in [0.15, 0.2) is 11.5 Å². The first-order valence-electron chi connectivity index (χ1n) is 4.61. The summed E-state index contributed by atoms with van der Waals surface area (Å²) in [7, 11) is -0.783. The predicted molar refractivity (Wildman–Crippen MR) is 60.4 cm³/mol. The lowest BCUT2D eigenvalue weighted by atomic mass is 10.2. The SMILES string of the molecule is CS(=O)CCNCc1ccc(O)c(O)c1. The van der Waals surface area contributed by atoms with Crippen LogP contribution in [0.5, 0.6) is 11.5 Å². The van der Waals surface area contributed by atoms with Crippen LogP contribution in [-0.4, -0.2) is 33.0 Å². The van der Waals surface area contributed by atoms with Gasteiger partial charge in [0.1, 0.15) is 0 Å². The van der Waals surface area contributed by atoms with Crippen LogP contribution in [0.2, 0.25) is 0 Å². The van der Waals surface area contributed by atoms with Crippen molar-refractivity contribution in [2.24, 2.45) is 0 Å². The number of aromatic hydroxyl groups is 2. The minimum atomic E-state index is -0.783. The molecule has 0 amide bonds. The highest BCUT2D eigenvalue weighted by Crippen LogP contribution is 2.24. The first-order valence-corrected chi connectivity index (χ1v) is 6.34. The quantitative estimate of drug-likeness (QED) is 0.510. The molecule has 84 valence electrons. The number of hydrogen-bond acceptors (Lipinski definition) is 4. The van der Waals surface area contributed by atoms with E-state index in [0.29, 0.717) is 18.8 Å². The molecule has 1 atom stereocenters. The largest absolute Gasteiger partial charge is 0.504 e. The van der Waals surface area contributed by atoms with Crippen LogP contribution >= 0.6 is 0 Å². The summed E-state index contributed by atoms with van der Waals surface area (Å²) in [5.74, 6) is 0.381. The fourth-order valence-corrected chi connectivity index (χ4v) is 1.56. The number of benzene rings is 1. The third-order valence-electron chi connectivity index (χ3n) is 1.94. The molecule has 1 aromatic carbocycles. The van der Waals surface area contributed by atoms with E-state index in [-0.39, 0.29) is 11.5 Å². The summed E-state index contributed by atoms with van der Waals surface area (Å²) >= 11 is 0. The monoisotopic (exact) mass is 229 g/mol. The normalized spacial score (nSPS) is 12.6. The second-order valence-electron chi connectivity index (χ2n) is 3.28. The maximum Gasteiger partial charge on any atom is 0.157 e. The van der Waals surface area contributed by atoms with Crippen molar-refractivity contribution in [2.75, 3.05) is 18.6 Å². The molecule has 0 saturated carbocycles. The fourth-order valence-electron chi connectivity index (χ4n) is 1.13. The number of phenolic OH excluding ortho intramolecular Hbond substituents is 2. The van der Waals surface area contributed by atoms with Crippen molar-refractivity contribution < 1.29 is 14.4 Å². The van der Waals surface area contributed by atoms with Crippen molar-refractivity contribution in [2.45, 2.75) is 6.54 Å². The van der Waals surface area contributed by atoms with E-state index in [2.05, 4.69) is 5.32 Å². The summed E-state index contributed by atoms with van der Waals surface area (Å²) < 4.78 is 10.8. The zero-order chi connectivity index (χ0) is 11.3. The van der Waals surface area contributed by atoms with Crippen molar-refractivity contribution >= 4 is 10.8 Å². The standard InChI is InChI=1S/C10H15NO3S/c1-15(14)5-4-11-7-8-2-3-9(12)10(13)6-8/h2-3,6,11-13H,4-5,7H2,1H3. The van der Waals surface area contributed by atoms with Gasteiger partial charge in [0.2, 0.25) is 0 Å². The van der Waals surface area contributed by atoms with Gasteiger partial charge in [-0.05, 0) is 17.7 Å². The third kappa shape index (κ3) is 4.31. The highest BCUT2D eigenvalue weighted by atomic mass is 32.2. The molecule has 0 radical (unpaired) electrons. The average Bonchev–Trinajstić information content (AvgIpc) is 2.18. The van der Waals surface area contributed by atoms with Gasteiger partial charge in [0, 0.05) is 35.9 Å². The Labute approximate surface area is 91.4 Å². The molecule has 0 aliphatic carbocycles. The van der Waals surface area contributed by atoms with Gasteiger partial charge in [0.25, 0.3) is 0 Å². The average molecular weight is 229 g/mol. The van der Waals surface area contributed by atoms with Gasteiger partial charge >= 0.3 is 0 Å². The molecule has 1 unspecified atom stereocenters. The zero-order valence-corrected chi connectivity index (χ0v) is 9.38. The lowest BCUT2D eigenvalue weighted by molar-refractivity contribution is 0.403. The van der Waals surface area contributed by atoms with Crippen molar-refractivity contribution in [3.63, 3.8) is 0 Å². The van der Waals surface area contributed by atoms with Gasteiger partial charge in [0.05, 0.1) is 0 Å². The van der Waals surface area contributed by atoms with Crippen molar-refractivity contribution in [1.29, 1.82) is 0 Å². The second-order valence-corrected chi connectivity index (χ2v) is 4.83. The highest BCUT2D eigenvalue weighted by Gasteiger charge is 2.00. The molecule has 5 heteroatoms. The van der Waals surface area contributed by atoms with E-state index in [1.165, 1.54) is 12.1 Å². The van der Waals surface area contributed by atoms with Crippen LogP contribution in [0, 0.1) is 0 Å². The van der Waals surface area contributed by atoms with Crippen LogP contribution in [0.15, 0.2) is 18.2 Å². The minimum absolute atomic E-state index is 0.117. The molecule has 4 nitrogen and oxygen atoms in total. The third-order valence-corrected chi connectivity index (χ3v) is 2.71. The van der Waals surface area contributed by atoms with E-state index in [4.69, 9.17) is 5.11 Å². The van der Waals surface area contributed by atoms with E-state index >= 15 is 0 Å². The van der Waals surface area contributed by atoms with Crippen LogP contribution in [-0.2, 0) is 17.3 Å². The molecule has 0 aliphatic heterocycles. The molecule has 0 fully saturated rings. The van der Waals surface area contributed by atoms with E-state index in [1.54, 1.807) is 12.3 Å². The van der Waals surface area contributed by atoms with Crippen molar-refractivity contribution in [3.05, 3.63) is 23.8 Å². The van der Waals surface area contributed by atoms with Crippen molar-refractivity contribution in [3.8, 4) is 11.5 Å². The first-order chi connectivity index (χ1) is 7.09. The smallest absolute Gasteiger partial charge is 0.157 e. The molecule has 0 bridgehead atoms. The predicted octanol–water partition coefficient (Wildman–Crippen LogP) is 0.566. The molecule has 0 spiro atoms. The summed E-state index contributed by atoms with van der Waals surface area (Å²) in [6.45, 7) is 1.26. The molecule has 3 N–H and O–H groups in total. The topological polar surface area (TPSA) is 69.6 Å². The molecule has 0 aromatic heterocycles.